The van der Waals surface area contributed by atoms with Gasteiger partial charge in [-0.3, -0.25) is 106 Å². The minimum absolute atomic E-state index is 0.0311. The highest BCUT2D eigenvalue weighted by molar-refractivity contribution is 6.02. The predicted octanol–water partition coefficient (Wildman–Crippen LogP) is -9.18. The Morgan fingerprint density at radius 2 is 0.738 bits per heavy atom. The van der Waals surface area contributed by atoms with E-state index in [1.807, 2.05) is 0 Å². The molecule has 18 atom stereocenters. The molecule has 0 saturated carbocycles. The third-order valence-corrected chi connectivity index (χ3v) is 19.7. The average Bonchev–Trinajstić information content (AvgIpc) is 1.07. The zero-order chi connectivity index (χ0) is 99.3. The van der Waals surface area contributed by atoms with Crippen molar-refractivity contribution >= 4 is 136 Å². The number of H-pyrrole nitrogens is 1. The van der Waals surface area contributed by atoms with Gasteiger partial charge in [0.1, 0.15) is 96.7 Å². The van der Waals surface area contributed by atoms with Gasteiger partial charge < -0.3 is 148 Å². The first-order valence-electron chi connectivity index (χ1n) is 41.9. The van der Waals surface area contributed by atoms with E-state index < -0.39 is 322 Å². The van der Waals surface area contributed by atoms with Gasteiger partial charge in [0.05, 0.1) is 51.0 Å². The summed E-state index contributed by atoms with van der Waals surface area (Å²) in [6, 6.07) is -27.5. The van der Waals surface area contributed by atoms with Gasteiger partial charge in [-0.15, -0.1) is 0 Å². The summed E-state index contributed by atoms with van der Waals surface area (Å²) in [4.78, 5) is 301. The van der Waals surface area contributed by atoms with Gasteiger partial charge in [-0.25, -0.2) is 9.78 Å². The fraction of sp³-hybridized carbons (Fsp3) is 0.667. The summed E-state index contributed by atoms with van der Waals surface area (Å²) in [7, 11) is 0. The van der Waals surface area contributed by atoms with E-state index in [0.717, 1.165) is 6.92 Å². The summed E-state index contributed by atoms with van der Waals surface area (Å²) in [5.74, 6) is -30.9. The number of imidazole rings is 1. The Bertz CT molecular complexity index is 4100. The first-order chi connectivity index (χ1) is 60.7. The van der Waals surface area contributed by atoms with Crippen molar-refractivity contribution in [3.63, 3.8) is 0 Å². The number of amides is 17. The van der Waals surface area contributed by atoms with Crippen molar-refractivity contribution in [3.05, 3.63) is 18.2 Å². The van der Waals surface area contributed by atoms with Crippen LogP contribution in [0.3, 0.4) is 0 Å². The summed E-state index contributed by atoms with van der Waals surface area (Å²) in [6.07, 6.45) is -4.56. The number of primary amides is 1. The van der Waals surface area contributed by atoms with E-state index in [1.54, 1.807) is 41.5 Å². The molecule has 0 bridgehead atoms. The highest BCUT2D eigenvalue weighted by atomic mass is 16.4. The molecule has 0 spiro atoms. The minimum atomic E-state index is -2.26. The number of carboxylic acids is 5. The van der Waals surface area contributed by atoms with Crippen LogP contribution in [-0.4, -0.2) is 305 Å². The first kappa shape index (κ1) is 115. The molecule has 0 aliphatic carbocycles. The van der Waals surface area contributed by atoms with Gasteiger partial charge in [0.25, 0.3) is 0 Å². The lowest BCUT2D eigenvalue weighted by Crippen LogP contribution is -2.62. The van der Waals surface area contributed by atoms with Crippen LogP contribution in [0.15, 0.2) is 12.5 Å². The molecule has 0 fully saturated rings. The molecule has 0 radical (unpaired) electrons. The lowest BCUT2D eigenvalue weighted by atomic mass is 9.94. The normalized spacial score (nSPS) is 15.3. The van der Waals surface area contributed by atoms with Crippen LogP contribution >= 0.6 is 0 Å². The maximum absolute atomic E-state index is 14.3. The van der Waals surface area contributed by atoms with E-state index in [4.69, 9.17) is 27.7 Å². The summed E-state index contributed by atoms with van der Waals surface area (Å²) < 4.78 is 0. The standard InChI is InChI=1S/C78H129N23O29/c1-13-37(9)60(75(127)88-40(12)63(115)92-45(77(129)130)18-20-57(108)109)101-76(128)61(38(10)14-2)100-73(125)52(28-59(112)113)97-67(119)44(17-19-56(106)107)91-72(124)51(27-58(110)111)98-69(121)48(24-36(7)8)95-71(123)50(26-54(80)104)96-74(126)53(32-103)99-66(118)43(16-15-21-84-78(81)82)90-62(114)39(11)87-68(120)47(23-35(5)6)89-55(105)30-85-65(117)46(22-34(3)4)94-70(122)49(25-41-29-83-33-86-41)93-64(116)42(79)31-102/h29,33-40,42-53,60-61,102-103H,13-28,30-32,79H2,1-12H3,(H2,80,104)(H,83,86)(H,85,117)(H,87,120)(H,88,127)(H,89,105)(H,90,114)(H,91,124)(H,92,115)(H,93,116)(H,94,122)(H,95,123)(H,96,126)(H,97,119)(H,98,121)(H,99,118)(H,100,125)(H,101,128)(H,106,107)(H,108,109)(H,110,111)(H,112,113)(H,129,130)(H4,81,82,84)/t37-,38-,39-,40-,42-,43-,44-,45-,46-,47-,48-,49-,50-,51-,52-,53-,60-,61-/m0/s1. The lowest BCUT2D eigenvalue weighted by molar-refractivity contribution is -0.144. The molecule has 0 aliphatic heterocycles. The molecule has 52 nitrogen and oxygen atoms in total. The summed E-state index contributed by atoms with van der Waals surface area (Å²) >= 11 is 0. The molecule has 1 aromatic rings. The van der Waals surface area contributed by atoms with E-state index in [1.165, 1.54) is 47.1 Å². The number of nitrogens with one attached hydrogen (secondary N) is 19. The van der Waals surface area contributed by atoms with Gasteiger partial charge in [0.15, 0.2) is 5.96 Å². The van der Waals surface area contributed by atoms with Crippen molar-refractivity contribution < 1.29 is 141 Å². The monoisotopic (exact) mass is 1850 g/mol. The number of aromatic nitrogens is 2. The average molecular weight is 1850 g/mol. The van der Waals surface area contributed by atoms with Crippen molar-refractivity contribution in [3.8, 4) is 0 Å². The smallest absolute Gasteiger partial charge is 0.326 e. The predicted molar refractivity (Wildman–Crippen MR) is 454 cm³/mol. The van der Waals surface area contributed by atoms with Crippen LogP contribution in [-0.2, 0) is 112 Å². The van der Waals surface area contributed by atoms with Crippen LogP contribution in [0.2, 0.25) is 0 Å². The second-order valence-corrected chi connectivity index (χ2v) is 32.3. The number of guanidine groups is 1. The number of rotatable bonds is 63. The molecule has 52 heteroatoms. The Hall–Kier alpha value is -13.3. The van der Waals surface area contributed by atoms with E-state index in [9.17, 15) is 136 Å². The van der Waals surface area contributed by atoms with Gasteiger partial charge in [0, 0.05) is 32.0 Å². The highest BCUT2D eigenvalue weighted by Crippen LogP contribution is 2.17. The number of carbonyl (C=O) groups excluding carboxylic acids is 17. The number of aliphatic carboxylic acids is 5. The number of aliphatic hydroxyl groups excluding tert-OH is 2. The number of nitrogens with zero attached hydrogens (tertiary/aromatic N) is 1. The van der Waals surface area contributed by atoms with Crippen LogP contribution in [0.1, 0.15) is 179 Å². The molecule has 730 valence electrons. The Kier molecular flexibility index (Phi) is 51.4. The van der Waals surface area contributed by atoms with Crippen molar-refractivity contribution in [1.29, 1.82) is 5.41 Å². The molecule has 0 aromatic carbocycles. The minimum Gasteiger partial charge on any atom is -0.481 e. The highest BCUT2D eigenvalue weighted by Gasteiger charge is 2.41. The van der Waals surface area contributed by atoms with Crippen molar-refractivity contribution in [1.82, 2.24) is 100 Å². The molecular formula is C78H129N23O29. The Balaban J connectivity index is 3.57. The Morgan fingerprint density at radius 1 is 0.385 bits per heavy atom. The topological polar surface area (TPSA) is 852 Å². The van der Waals surface area contributed by atoms with Crippen LogP contribution in [0, 0.1) is 35.0 Å². The number of hydrogen-bond acceptors (Lipinski definition) is 27. The summed E-state index contributed by atoms with van der Waals surface area (Å²) in [6.45, 7) is 15.6. The van der Waals surface area contributed by atoms with Crippen LogP contribution in [0.4, 0.5) is 0 Å². The number of aliphatic hydroxyl groups is 2. The van der Waals surface area contributed by atoms with E-state index in [-0.39, 0.29) is 63.3 Å². The number of carboxylic acid groups (broad SMARTS) is 5. The van der Waals surface area contributed by atoms with Crippen molar-refractivity contribution in [2.75, 3.05) is 26.3 Å². The molecule has 0 unspecified atom stereocenters. The zero-order valence-electron chi connectivity index (χ0n) is 74.5. The maximum atomic E-state index is 14.3. The van der Waals surface area contributed by atoms with Gasteiger partial charge >= 0.3 is 29.8 Å². The quantitative estimate of drug-likeness (QED) is 0.0164. The molecular weight excluding hydrogens is 1720 g/mol. The summed E-state index contributed by atoms with van der Waals surface area (Å²) in [5, 5.41) is 115. The molecule has 1 rings (SSSR count). The molecule has 17 amide bonds. The first-order valence-corrected chi connectivity index (χ1v) is 41.9. The number of nitrogens with two attached hydrogens (primary N) is 3. The second kappa shape index (κ2) is 58.2. The van der Waals surface area contributed by atoms with Gasteiger partial charge in [-0.2, -0.15) is 0 Å². The van der Waals surface area contributed by atoms with Gasteiger partial charge in [-0.05, 0) is 88.4 Å². The van der Waals surface area contributed by atoms with Crippen molar-refractivity contribution in [2.45, 2.75) is 276 Å². The maximum Gasteiger partial charge on any atom is 0.326 e. The van der Waals surface area contributed by atoms with Crippen LogP contribution in [0.25, 0.3) is 0 Å². The zero-order valence-corrected chi connectivity index (χ0v) is 74.5. The molecule has 32 N–H and O–H groups in total. The van der Waals surface area contributed by atoms with E-state index in [2.05, 4.69) is 100 Å². The van der Waals surface area contributed by atoms with Gasteiger partial charge in [-0.1, -0.05) is 82.1 Å². The van der Waals surface area contributed by atoms with Crippen LogP contribution < -0.4 is 108 Å². The molecule has 130 heavy (non-hydrogen) atoms. The van der Waals surface area contributed by atoms with E-state index >= 15 is 0 Å². The van der Waals surface area contributed by atoms with Gasteiger partial charge in [0.2, 0.25) is 100 Å². The van der Waals surface area contributed by atoms with Crippen LogP contribution in [0.5, 0.6) is 0 Å². The fourth-order valence-corrected chi connectivity index (χ4v) is 12.2. The Labute approximate surface area is 747 Å². The summed E-state index contributed by atoms with van der Waals surface area (Å²) in [5.41, 5.74) is 16.9. The Morgan fingerprint density at radius 3 is 1.16 bits per heavy atom. The number of carbonyl (C=O) groups is 22. The molecule has 0 aliphatic rings. The lowest BCUT2D eigenvalue weighted by Gasteiger charge is -2.30. The van der Waals surface area contributed by atoms with Crippen molar-refractivity contribution in [2.24, 2.45) is 46.8 Å². The van der Waals surface area contributed by atoms with E-state index in [0.29, 0.717) is 5.69 Å². The number of hydrogen-bond donors (Lipinski definition) is 29. The molecule has 0 saturated heterocycles. The third kappa shape index (κ3) is 43.9. The number of aromatic amines is 1. The largest absolute Gasteiger partial charge is 0.481 e. The fourth-order valence-electron chi connectivity index (χ4n) is 12.2. The third-order valence-electron chi connectivity index (χ3n) is 19.7. The second-order valence-electron chi connectivity index (χ2n) is 32.3. The molecule has 1 heterocycles. The SMILES string of the molecule is CC[C@H](C)[C@H](NC(=O)[C@H](CC(=O)O)NC(=O)[C@H](CCC(=O)O)NC(=O)[C@H](CC(=O)O)NC(=O)[C@H](CC(C)C)NC(=O)[C@H](CC(N)=O)NC(=O)[C@H](CO)NC(=O)[C@H](CCCNC(=N)N)NC(=O)[C@H](C)NC(=O)[C@H](CC(C)C)NC(=O)CNC(=O)[C@H](CC(C)C)NC(=O)[C@H](Cc1c[nH]cn1)NC(=O)[C@@H](N)CO)C(=O)N[C@H](C(=O)N[C@@H](C)C(=O)N[C@@H](CCC(=O)O)C(=O)O)[C@@H](C)CC. The molecule has 1 aromatic heterocycles.